The van der Waals surface area contributed by atoms with Crippen LogP contribution in [0.3, 0.4) is 0 Å². The molecule has 4 nitrogen and oxygen atoms in total. The topological polar surface area (TPSA) is 55.1 Å². The lowest BCUT2D eigenvalue weighted by Gasteiger charge is -2.08. The minimum absolute atomic E-state index is 0.224. The second kappa shape index (κ2) is 9.16. The molecule has 4 rings (SSSR count). The molecule has 0 radical (unpaired) electrons. The first-order valence-electron chi connectivity index (χ1n) is 10.1. The standard InChI is InChI=1S/C26H19F3N2O2/c27-26(28,29)22-7-4-8-23(16-22)31-17-21(13-14-24(32)33)25(30-31)20-11-9-19(10-12-20)15-18-5-2-1-3-6-18/h1-14,16-17H,15H2,(H,32,33)/b14-13+. The number of hydrogen-bond acceptors (Lipinski definition) is 2. The predicted molar refractivity (Wildman–Crippen MR) is 120 cm³/mol. The maximum atomic E-state index is 13.1. The Morgan fingerprint density at radius 1 is 0.939 bits per heavy atom. The van der Waals surface area contributed by atoms with Crippen LogP contribution in [0.2, 0.25) is 0 Å². The molecule has 0 bridgehead atoms. The number of rotatable bonds is 6. The number of halogens is 3. The van der Waals surface area contributed by atoms with Gasteiger partial charge in [-0.05, 0) is 41.8 Å². The monoisotopic (exact) mass is 448 g/mol. The molecule has 33 heavy (non-hydrogen) atoms. The van der Waals surface area contributed by atoms with Gasteiger partial charge < -0.3 is 5.11 Å². The van der Waals surface area contributed by atoms with Gasteiger partial charge in [-0.1, -0.05) is 60.7 Å². The summed E-state index contributed by atoms with van der Waals surface area (Å²) in [6.45, 7) is 0. The number of hydrogen-bond donors (Lipinski definition) is 1. The maximum Gasteiger partial charge on any atom is 0.416 e. The first-order chi connectivity index (χ1) is 15.8. The van der Waals surface area contributed by atoms with Gasteiger partial charge in [0.1, 0.15) is 0 Å². The third-order valence-corrected chi connectivity index (χ3v) is 5.06. The van der Waals surface area contributed by atoms with Gasteiger partial charge in [-0.2, -0.15) is 18.3 Å². The molecule has 166 valence electrons. The molecule has 0 aliphatic heterocycles. The van der Waals surface area contributed by atoms with Crippen molar-refractivity contribution in [2.24, 2.45) is 0 Å². The summed E-state index contributed by atoms with van der Waals surface area (Å²) in [7, 11) is 0. The van der Waals surface area contributed by atoms with Crippen molar-refractivity contribution in [1.29, 1.82) is 0 Å². The zero-order valence-electron chi connectivity index (χ0n) is 17.3. The highest BCUT2D eigenvalue weighted by atomic mass is 19.4. The van der Waals surface area contributed by atoms with E-state index in [4.69, 9.17) is 5.11 Å². The van der Waals surface area contributed by atoms with E-state index in [9.17, 15) is 18.0 Å². The summed E-state index contributed by atoms with van der Waals surface area (Å²) < 4.78 is 40.7. The molecule has 4 aromatic rings. The van der Waals surface area contributed by atoms with Crippen molar-refractivity contribution in [2.45, 2.75) is 12.6 Å². The maximum absolute atomic E-state index is 13.1. The van der Waals surface area contributed by atoms with Crippen LogP contribution in [0.25, 0.3) is 23.0 Å². The zero-order valence-corrected chi connectivity index (χ0v) is 17.3. The molecule has 0 aliphatic rings. The number of benzene rings is 3. The van der Waals surface area contributed by atoms with Crippen LogP contribution in [-0.4, -0.2) is 20.9 Å². The normalized spacial score (nSPS) is 11.7. The van der Waals surface area contributed by atoms with Gasteiger partial charge >= 0.3 is 12.1 Å². The van der Waals surface area contributed by atoms with E-state index < -0.39 is 17.7 Å². The Balaban J connectivity index is 1.70. The SMILES string of the molecule is O=C(O)/C=C/c1cn(-c2cccc(C(F)(F)F)c2)nc1-c1ccc(Cc2ccccc2)cc1. The van der Waals surface area contributed by atoms with Gasteiger partial charge in [-0.15, -0.1) is 0 Å². The largest absolute Gasteiger partial charge is 0.478 e. The molecule has 7 heteroatoms. The Kier molecular flexibility index (Phi) is 6.13. The fraction of sp³-hybridized carbons (Fsp3) is 0.0769. The van der Waals surface area contributed by atoms with Crippen molar-refractivity contribution in [1.82, 2.24) is 9.78 Å². The Morgan fingerprint density at radius 2 is 1.64 bits per heavy atom. The van der Waals surface area contributed by atoms with E-state index in [1.807, 2.05) is 54.6 Å². The Labute approximate surface area is 188 Å². The highest BCUT2D eigenvalue weighted by Crippen LogP contribution is 2.31. The van der Waals surface area contributed by atoms with Crippen LogP contribution in [0.4, 0.5) is 13.2 Å². The predicted octanol–water partition coefficient (Wildman–Crippen LogP) is 6.25. The molecule has 1 aromatic heterocycles. The minimum atomic E-state index is -4.48. The molecule has 1 N–H and O–H groups in total. The first kappa shape index (κ1) is 22.1. The summed E-state index contributed by atoms with van der Waals surface area (Å²) in [5.74, 6) is -1.13. The second-order valence-electron chi connectivity index (χ2n) is 7.46. The van der Waals surface area contributed by atoms with Gasteiger partial charge in [0.05, 0.1) is 16.9 Å². The summed E-state index contributed by atoms with van der Waals surface area (Å²) >= 11 is 0. The Morgan fingerprint density at radius 3 is 2.30 bits per heavy atom. The third kappa shape index (κ3) is 5.38. The quantitative estimate of drug-likeness (QED) is 0.355. The molecule has 0 unspecified atom stereocenters. The smallest absolute Gasteiger partial charge is 0.416 e. The van der Waals surface area contributed by atoms with Crippen LogP contribution in [0.1, 0.15) is 22.3 Å². The lowest BCUT2D eigenvalue weighted by molar-refractivity contribution is -0.137. The molecule has 0 atom stereocenters. The van der Waals surface area contributed by atoms with Crippen LogP contribution in [0.5, 0.6) is 0 Å². The molecule has 0 aliphatic carbocycles. The number of alkyl halides is 3. The van der Waals surface area contributed by atoms with Crippen LogP contribution >= 0.6 is 0 Å². The number of aromatic nitrogens is 2. The second-order valence-corrected chi connectivity index (χ2v) is 7.46. The van der Waals surface area contributed by atoms with Crippen molar-refractivity contribution >= 4 is 12.0 Å². The lowest BCUT2D eigenvalue weighted by Crippen LogP contribution is -2.06. The van der Waals surface area contributed by atoms with Crippen molar-refractivity contribution < 1.29 is 23.1 Å². The van der Waals surface area contributed by atoms with E-state index in [0.29, 0.717) is 11.3 Å². The Bertz CT molecular complexity index is 1290. The molecular formula is C26H19F3N2O2. The Hall–Kier alpha value is -4.13. The van der Waals surface area contributed by atoms with E-state index in [1.165, 1.54) is 34.7 Å². The summed E-state index contributed by atoms with van der Waals surface area (Å²) in [6.07, 6.45) is 0.147. The average Bonchev–Trinajstić information content (AvgIpc) is 3.23. The average molecular weight is 448 g/mol. The number of carboxylic acids is 1. The van der Waals surface area contributed by atoms with Crippen molar-refractivity contribution in [3.63, 3.8) is 0 Å². The van der Waals surface area contributed by atoms with Crippen molar-refractivity contribution in [3.05, 3.63) is 113 Å². The molecule has 3 aromatic carbocycles. The molecule has 1 heterocycles. The summed E-state index contributed by atoms with van der Waals surface area (Å²) in [6, 6.07) is 22.5. The van der Waals surface area contributed by atoms with Crippen LogP contribution in [0.15, 0.2) is 91.1 Å². The van der Waals surface area contributed by atoms with Crippen LogP contribution in [-0.2, 0) is 17.4 Å². The fourth-order valence-corrected chi connectivity index (χ4v) is 3.46. The highest BCUT2D eigenvalue weighted by molar-refractivity contribution is 5.87. The van der Waals surface area contributed by atoms with E-state index in [1.54, 1.807) is 0 Å². The van der Waals surface area contributed by atoms with Gasteiger partial charge in [-0.3, -0.25) is 0 Å². The van der Waals surface area contributed by atoms with Gasteiger partial charge in [-0.25, -0.2) is 9.48 Å². The number of nitrogens with zero attached hydrogens (tertiary/aromatic N) is 2. The summed E-state index contributed by atoms with van der Waals surface area (Å²) in [5.41, 5.74) is 3.37. The highest BCUT2D eigenvalue weighted by Gasteiger charge is 2.30. The van der Waals surface area contributed by atoms with E-state index in [-0.39, 0.29) is 5.69 Å². The number of carboxylic acid groups (broad SMARTS) is 1. The molecule has 0 fully saturated rings. The fourth-order valence-electron chi connectivity index (χ4n) is 3.46. The van der Waals surface area contributed by atoms with Gasteiger partial charge in [0.15, 0.2) is 0 Å². The molecule has 0 amide bonds. The summed E-state index contributed by atoms with van der Waals surface area (Å²) in [4.78, 5) is 11.0. The molecule has 0 spiro atoms. The van der Waals surface area contributed by atoms with Crippen LogP contribution < -0.4 is 0 Å². The number of aliphatic carboxylic acids is 1. The van der Waals surface area contributed by atoms with E-state index >= 15 is 0 Å². The summed E-state index contributed by atoms with van der Waals surface area (Å²) in [5, 5.41) is 13.5. The molecule has 0 saturated heterocycles. The third-order valence-electron chi connectivity index (χ3n) is 5.06. The zero-order chi connectivity index (χ0) is 23.4. The van der Waals surface area contributed by atoms with Crippen molar-refractivity contribution in [3.8, 4) is 16.9 Å². The minimum Gasteiger partial charge on any atom is -0.478 e. The molecule has 0 saturated carbocycles. The van der Waals surface area contributed by atoms with Gasteiger partial charge in [0, 0.05) is 23.4 Å². The van der Waals surface area contributed by atoms with Gasteiger partial charge in [0.25, 0.3) is 0 Å². The van der Waals surface area contributed by atoms with E-state index in [0.717, 1.165) is 35.8 Å². The first-order valence-corrected chi connectivity index (χ1v) is 10.1. The lowest BCUT2D eigenvalue weighted by atomic mass is 10.0. The number of carbonyl (C=O) groups is 1. The van der Waals surface area contributed by atoms with Crippen molar-refractivity contribution in [2.75, 3.05) is 0 Å². The van der Waals surface area contributed by atoms with Crippen LogP contribution in [0, 0.1) is 0 Å². The van der Waals surface area contributed by atoms with E-state index in [2.05, 4.69) is 5.10 Å². The van der Waals surface area contributed by atoms with Gasteiger partial charge in [0.2, 0.25) is 0 Å². The molecular weight excluding hydrogens is 429 g/mol.